The highest BCUT2D eigenvalue weighted by Crippen LogP contribution is 2.23. The van der Waals surface area contributed by atoms with Gasteiger partial charge in [-0.1, -0.05) is 4.98 Å². The highest BCUT2D eigenvalue weighted by Gasteiger charge is 2.27. The molecule has 14 heterocycles. The molecule has 0 radical (unpaired) electrons. The molecule has 0 unspecified atom stereocenters. The van der Waals surface area contributed by atoms with E-state index in [1.807, 2.05) is 32.6 Å². The summed E-state index contributed by atoms with van der Waals surface area (Å²) in [5.41, 5.74) is 29.5. The first-order chi connectivity index (χ1) is 48.2. The molecular formula is C80H119N22+7. The maximum Gasteiger partial charge on any atom is 0.304 e. The van der Waals surface area contributed by atoms with E-state index in [1.165, 1.54) is 113 Å². The highest BCUT2D eigenvalue weighted by molar-refractivity contribution is 5.76. The van der Waals surface area contributed by atoms with Crippen molar-refractivity contribution in [3.05, 3.63) is 158 Å². The summed E-state index contributed by atoms with van der Waals surface area (Å²) in [5.74, 6) is 8.74. The number of nitrogens with zero attached hydrogens (tertiary/aromatic N) is 22. The van der Waals surface area contributed by atoms with Crippen molar-refractivity contribution in [1.29, 1.82) is 0 Å². The molecule has 22 heteroatoms. The van der Waals surface area contributed by atoms with Crippen LogP contribution in [0.15, 0.2) is 55.2 Å². The number of hydrogen-bond donors (Lipinski definition) is 0. The maximum absolute atomic E-state index is 4.73. The summed E-state index contributed by atoms with van der Waals surface area (Å²) >= 11 is 0. The number of aromatic nitrogens is 22. The van der Waals surface area contributed by atoms with Gasteiger partial charge in [-0.2, -0.15) is 0 Å². The number of pyridine rings is 6. The van der Waals surface area contributed by atoms with Crippen LogP contribution in [0, 0.1) is 125 Å². The van der Waals surface area contributed by atoms with Gasteiger partial charge in [0.1, 0.15) is 35.2 Å². The zero-order valence-corrected chi connectivity index (χ0v) is 68.0. The van der Waals surface area contributed by atoms with Crippen LogP contribution in [-0.4, -0.2) is 71.8 Å². The van der Waals surface area contributed by atoms with Crippen molar-refractivity contribution in [2.24, 2.45) is 49.3 Å². The Morgan fingerprint density at radius 2 is 0.755 bits per heavy atom. The molecule has 14 aromatic rings. The van der Waals surface area contributed by atoms with Gasteiger partial charge >= 0.3 is 39.5 Å². The van der Waals surface area contributed by atoms with E-state index in [0.29, 0.717) is 0 Å². The molecule has 0 saturated carbocycles. The molecule has 22 nitrogen and oxygen atoms in total. The minimum Gasteiger partial charge on any atom is -0.260 e. The van der Waals surface area contributed by atoms with Crippen LogP contribution < -0.4 is 32.0 Å². The van der Waals surface area contributed by atoms with Gasteiger partial charge in [-0.15, -0.1) is 29.9 Å². The smallest absolute Gasteiger partial charge is 0.260 e. The second-order valence-electron chi connectivity index (χ2n) is 27.2. The van der Waals surface area contributed by atoms with E-state index in [1.54, 1.807) is 6.33 Å². The van der Waals surface area contributed by atoms with Gasteiger partial charge in [0.15, 0.2) is 44.9 Å². The topological polar surface area (TPSA) is 165 Å². The minimum absolute atomic E-state index is 0.955. The molecule has 0 aliphatic heterocycles. The van der Waals surface area contributed by atoms with E-state index in [0.717, 1.165) is 114 Å². The van der Waals surface area contributed by atoms with E-state index < -0.39 is 0 Å². The Labute approximate surface area is 605 Å². The van der Waals surface area contributed by atoms with E-state index in [2.05, 4.69) is 338 Å². The van der Waals surface area contributed by atoms with Crippen molar-refractivity contribution in [1.82, 2.24) is 71.8 Å². The van der Waals surface area contributed by atoms with Crippen LogP contribution in [0.4, 0.5) is 0 Å². The number of fused-ring (bicyclic) bond motifs is 7. The molecule has 0 amide bonds. The number of hydrogen-bond acceptors (Lipinski definition) is 8. The van der Waals surface area contributed by atoms with Gasteiger partial charge in [0.05, 0.1) is 101 Å². The third kappa shape index (κ3) is 14.6. The van der Waals surface area contributed by atoms with Gasteiger partial charge in [0, 0.05) is 59.6 Å². The predicted octanol–water partition coefficient (Wildman–Crippen LogP) is 11.1. The standard InChI is InChI=1S/C13H20N3.3C12H18N3.2C11H16N3.C9H13N4/c1-7-16-11(5)15(6)12-9(3)8(2)10(4)14-13(12)16;1-6-15-10(4)14(5)11-9(3)8(2)7-13-12(11)15;1-6-15-10(4)14(5)11-7-8(2)9(3)13-12(11)15;1-6-15-10(4)14(5)11-8(2)7-9(3)13-12(11)15;1-5-14-9(3)13(4)10-6-8(2)7-12-11(10)14;1-5-14-9(3)13(4)10-7-6-8(2)12-11(10)14;1-4-13-7(2)12(3)9-8(13)5-10-6-11-9/h7H2,1-6H3;3*7H,6H2,1-5H3;2*6-7H,5H2,1-4H3;5-6H,4H2,1-3H3/q7*+1. The molecule has 0 aliphatic carbocycles. The Kier molecular flexibility index (Phi) is 24.5. The molecule has 102 heavy (non-hydrogen) atoms. The van der Waals surface area contributed by atoms with Crippen LogP contribution in [0.5, 0.6) is 0 Å². The lowest BCUT2D eigenvalue weighted by Gasteiger charge is -2.01. The van der Waals surface area contributed by atoms with Crippen LogP contribution in [-0.2, 0) is 95.1 Å². The Morgan fingerprint density at radius 1 is 0.324 bits per heavy atom. The summed E-state index contributed by atoms with van der Waals surface area (Å²) in [6.45, 7) is 59.9. The van der Waals surface area contributed by atoms with E-state index in [-0.39, 0.29) is 0 Å². The summed E-state index contributed by atoms with van der Waals surface area (Å²) in [4.78, 5) is 35.9. The van der Waals surface area contributed by atoms with Crippen LogP contribution in [0.2, 0.25) is 0 Å². The molecule has 14 rings (SSSR count). The Morgan fingerprint density at radius 3 is 1.29 bits per heavy atom. The lowest BCUT2D eigenvalue weighted by molar-refractivity contribution is -0.676. The number of aryl methyl sites for hydroxylation is 24. The first kappa shape index (κ1) is 78.0. The minimum atomic E-state index is 0.955. The van der Waals surface area contributed by atoms with Crippen molar-refractivity contribution < 1.29 is 32.0 Å². The molecule has 0 bridgehead atoms. The predicted molar refractivity (Wildman–Crippen MR) is 409 cm³/mol. The van der Waals surface area contributed by atoms with Crippen LogP contribution >= 0.6 is 0 Å². The molecule has 14 aromatic heterocycles. The molecule has 542 valence electrons. The van der Waals surface area contributed by atoms with E-state index >= 15 is 0 Å². The van der Waals surface area contributed by atoms with E-state index in [9.17, 15) is 0 Å². The fraction of sp³-hybridized carbons (Fsp3) is 0.487. The largest absolute Gasteiger partial charge is 0.304 e. The van der Waals surface area contributed by atoms with Gasteiger partial charge in [-0.05, 0) is 183 Å². The lowest BCUT2D eigenvalue weighted by atomic mass is 10.1. The SMILES string of the molecule is CC[n+]1c(C)n(C)c2c(C)c(C)c(C)nc21.CC[n+]1c(C)n(C)c2c(C)c(C)cnc21.CC[n+]1c(C)n(C)c2c(C)cc(C)nc21.CC[n+]1c(C)n(C)c2cc(C)c(C)nc21.CC[n+]1c(C)n(C)c2cc(C)cnc21.CC[n+]1c(C)n(C)c2ccc(C)nc21.CCn1c(C)[n+](C)c2ncncc21. The molecular weight excluding hydrogens is 1270 g/mol. The molecule has 0 saturated heterocycles. The summed E-state index contributed by atoms with van der Waals surface area (Å²) in [6, 6.07) is 10.7. The van der Waals surface area contributed by atoms with Crippen LogP contribution in [0.1, 0.15) is 151 Å². The highest BCUT2D eigenvalue weighted by atomic mass is 15.2. The zero-order valence-electron chi connectivity index (χ0n) is 68.0. The maximum atomic E-state index is 4.73. The Hall–Kier alpha value is -9.73. The summed E-state index contributed by atoms with van der Waals surface area (Å²) in [6.07, 6.45) is 7.33. The van der Waals surface area contributed by atoms with Gasteiger partial charge in [0.2, 0.25) is 40.8 Å². The van der Waals surface area contributed by atoms with Gasteiger partial charge in [-0.3, -0.25) is 32.0 Å². The summed E-state index contributed by atoms with van der Waals surface area (Å²) in [7, 11) is 14.6. The average Bonchev–Trinajstić information content (AvgIpc) is 1.62. The quantitative estimate of drug-likeness (QED) is 0.142. The number of imidazole rings is 7. The molecule has 0 N–H and O–H groups in total. The third-order valence-electron chi connectivity index (χ3n) is 21.4. The monoisotopic (exact) mass is 1390 g/mol. The number of rotatable bonds is 7. The van der Waals surface area contributed by atoms with Crippen molar-refractivity contribution in [3.8, 4) is 0 Å². The molecule has 0 fully saturated rings. The second-order valence-corrected chi connectivity index (χ2v) is 27.2. The van der Waals surface area contributed by atoms with Gasteiger partial charge in [-0.25, -0.2) is 37.0 Å². The fourth-order valence-electron chi connectivity index (χ4n) is 14.3. The van der Waals surface area contributed by atoms with Crippen LogP contribution in [0.3, 0.4) is 0 Å². The van der Waals surface area contributed by atoms with Crippen molar-refractivity contribution in [2.75, 3.05) is 0 Å². The Bertz CT molecular complexity index is 5410. The van der Waals surface area contributed by atoms with Gasteiger partial charge < -0.3 is 0 Å². The Balaban J connectivity index is 0.000000151. The summed E-state index contributed by atoms with van der Waals surface area (Å²) in [5, 5.41) is 0. The zero-order chi connectivity index (χ0) is 75.5. The van der Waals surface area contributed by atoms with E-state index in [4.69, 9.17) is 4.98 Å². The summed E-state index contributed by atoms with van der Waals surface area (Å²) < 4.78 is 31.1. The first-order valence-corrected chi connectivity index (χ1v) is 36.3. The van der Waals surface area contributed by atoms with Crippen molar-refractivity contribution in [3.63, 3.8) is 0 Å². The second kappa shape index (κ2) is 32.1. The van der Waals surface area contributed by atoms with Crippen molar-refractivity contribution in [2.45, 2.75) is 219 Å². The van der Waals surface area contributed by atoms with Gasteiger partial charge in [0.25, 0.3) is 0 Å². The van der Waals surface area contributed by atoms with Crippen molar-refractivity contribution >= 4 is 78.1 Å². The molecule has 0 aromatic carbocycles. The third-order valence-corrected chi connectivity index (χ3v) is 21.4. The molecule has 0 aliphatic rings. The fourth-order valence-corrected chi connectivity index (χ4v) is 14.3. The normalized spacial score (nSPS) is 11.2. The van der Waals surface area contributed by atoms with Crippen LogP contribution in [0.25, 0.3) is 78.1 Å². The lowest BCUT2D eigenvalue weighted by Crippen LogP contribution is -2.35. The molecule has 0 spiro atoms. The first-order valence-electron chi connectivity index (χ1n) is 36.3. The average molecular weight is 1390 g/mol. The molecule has 0 atom stereocenters.